The van der Waals surface area contributed by atoms with E-state index in [1.165, 1.54) is 0 Å². The maximum absolute atomic E-state index is 5.99. The van der Waals surface area contributed by atoms with Crippen molar-refractivity contribution in [3.05, 3.63) is 5.82 Å². The monoisotopic (exact) mass is 230 g/mol. The van der Waals surface area contributed by atoms with E-state index in [9.17, 15) is 0 Å². The third kappa shape index (κ3) is 2.91. The molecule has 0 aliphatic heterocycles. The highest BCUT2D eigenvalue weighted by Crippen LogP contribution is 2.29. The second kappa shape index (κ2) is 4.47. The van der Waals surface area contributed by atoms with Crippen molar-refractivity contribution in [2.24, 2.45) is 11.3 Å². The molecule has 0 amide bonds. The maximum Gasteiger partial charge on any atom is 0.168 e. The first-order valence-corrected chi connectivity index (χ1v) is 5.68. The quantitative estimate of drug-likeness (QED) is 0.747. The summed E-state index contributed by atoms with van der Waals surface area (Å²) in [5, 5.41) is 11.4. The van der Waals surface area contributed by atoms with E-state index in [2.05, 4.69) is 43.2 Å². The van der Waals surface area contributed by atoms with Gasteiger partial charge in [-0.05, 0) is 28.7 Å². The topological polar surface area (TPSA) is 43.6 Å². The molecule has 1 atom stereocenters. The SMILES string of the molecule is CC(Cl)c1nnnn1CC(C)(C)C(C)C. The lowest BCUT2D eigenvalue weighted by Crippen LogP contribution is -2.27. The molecule has 0 fully saturated rings. The van der Waals surface area contributed by atoms with Gasteiger partial charge in [-0.25, -0.2) is 4.68 Å². The van der Waals surface area contributed by atoms with Crippen molar-refractivity contribution >= 4 is 11.6 Å². The highest BCUT2D eigenvalue weighted by molar-refractivity contribution is 6.20. The molecule has 0 bridgehead atoms. The lowest BCUT2D eigenvalue weighted by atomic mass is 9.81. The van der Waals surface area contributed by atoms with Gasteiger partial charge in [-0.2, -0.15) is 0 Å². The van der Waals surface area contributed by atoms with Gasteiger partial charge in [-0.15, -0.1) is 16.7 Å². The summed E-state index contributed by atoms with van der Waals surface area (Å²) in [6.45, 7) is 11.5. The van der Waals surface area contributed by atoms with Crippen molar-refractivity contribution in [3.8, 4) is 0 Å². The number of hydrogen-bond donors (Lipinski definition) is 0. The zero-order chi connectivity index (χ0) is 11.6. The molecular formula is C10H19ClN4. The average molecular weight is 231 g/mol. The summed E-state index contributed by atoms with van der Waals surface area (Å²) in [6, 6.07) is 0. The first-order valence-electron chi connectivity index (χ1n) is 5.24. The van der Waals surface area contributed by atoms with Gasteiger partial charge in [0, 0.05) is 0 Å². The molecule has 15 heavy (non-hydrogen) atoms. The Hall–Kier alpha value is -0.640. The number of tetrazole rings is 1. The molecule has 0 N–H and O–H groups in total. The Morgan fingerprint density at radius 2 is 1.93 bits per heavy atom. The van der Waals surface area contributed by atoms with Crippen LogP contribution < -0.4 is 0 Å². The van der Waals surface area contributed by atoms with Crippen molar-refractivity contribution in [3.63, 3.8) is 0 Å². The number of rotatable bonds is 4. The molecule has 1 rings (SSSR count). The standard InChI is InChI=1S/C10H19ClN4/c1-7(2)10(4,5)6-15-9(8(3)11)12-13-14-15/h7-8H,6H2,1-5H3. The van der Waals surface area contributed by atoms with Crippen LogP contribution in [-0.2, 0) is 6.54 Å². The minimum atomic E-state index is -0.150. The molecule has 86 valence electrons. The van der Waals surface area contributed by atoms with Gasteiger partial charge >= 0.3 is 0 Å². The van der Waals surface area contributed by atoms with Crippen LogP contribution in [0.5, 0.6) is 0 Å². The van der Waals surface area contributed by atoms with Gasteiger partial charge < -0.3 is 0 Å². The molecule has 0 saturated carbocycles. The number of alkyl halides is 1. The third-order valence-electron chi connectivity index (χ3n) is 3.04. The van der Waals surface area contributed by atoms with Crippen molar-refractivity contribution in [1.82, 2.24) is 20.2 Å². The molecule has 5 heteroatoms. The van der Waals surface area contributed by atoms with Crippen LogP contribution in [0.3, 0.4) is 0 Å². The Balaban J connectivity index is 2.85. The van der Waals surface area contributed by atoms with Gasteiger partial charge in [0.25, 0.3) is 0 Å². The van der Waals surface area contributed by atoms with Crippen LogP contribution in [-0.4, -0.2) is 20.2 Å². The molecular weight excluding hydrogens is 212 g/mol. The number of halogens is 1. The van der Waals surface area contributed by atoms with Gasteiger partial charge in [-0.3, -0.25) is 0 Å². The van der Waals surface area contributed by atoms with Gasteiger partial charge in [0.2, 0.25) is 0 Å². The number of hydrogen-bond acceptors (Lipinski definition) is 3. The zero-order valence-electron chi connectivity index (χ0n) is 10.0. The molecule has 0 aliphatic carbocycles. The molecule has 0 aromatic carbocycles. The fourth-order valence-electron chi connectivity index (χ4n) is 1.18. The highest BCUT2D eigenvalue weighted by Gasteiger charge is 2.25. The van der Waals surface area contributed by atoms with Crippen molar-refractivity contribution in [1.29, 1.82) is 0 Å². The zero-order valence-corrected chi connectivity index (χ0v) is 10.8. The van der Waals surface area contributed by atoms with Gasteiger partial charge in [0.15, 0.2) is 5.82 Å². The lowest BCUT2D eigenvalue weighted by Gasteiger charge is -2.29. The summed E-state index contributed by atoms with van der Waals surface area (Å²) in [6.07, 6.45) is 0. The molecule has 1 aromatic heterocycles. The summed E-state index contributed by atoms with van der Waals surface area (Å²) in [4.78, 5) is 0. The van der Waals surface area contributed by atoms with E-state index in [0.29, 0.717) is 5.92 Å². The lowest BCUT2D eigenvalue weighted by molar-refractivity contribution is 0.197. The molecule has 0 aliphatic rings. The summed E-state index contributed by atoms with van der Waals surface area (Å²) in [5.41, 5.74) is 0.163. The molecule has 1 aromatic rings. The maximum atomic E-state index is 5.99. The van der Waals surface area contributed by atoms with E-state index >= 15 is 0 Å². The predicted octanol–water partition coefficient (Wildman–Crippen LogP) is 2.66. The van der Waals surface area contributed by atoms with Crippen LogP contribution in [0.25, 0.3) is 0 Å². The summed E-state index contributed by atoms with van der Waals surface area (Å²) < 4.78 is 1.80. The van der Waals surface area contributed by atoms with Crippen LogP contribution in [0.1, 0.15) is 45.8 Å². The third-order valence-corrected chi connectivity index (χ3v) is 3.23. The fraction of sp³-hybridized carbons (Fsp3) is 0.900. The number of aromatic nitrogens is 4. The molecule has 0 spiro atoms. The largest absolute Gasteiger partial charge is 0.228 e. The van der Waals surface area contributed by atoms with E-state index in [-0.39, 0.29) is 10.8 Å². The van der Waals surface area contributed by atoms with E-state index < -0.39 is 0 Å². The van der Waals surface area contributed by atoms with E-state index in [1.54, 1.807) is 4.68 Å². The van der Waals surface area contributed by atoms with Crippen molar-refractivity contribution in [2.45, 2.75) is 46.5 Å². The van der Waals surface area contributed by atoms with Crippen LogP contribution in [0.2, 0.25) is 0 Å². The Kier molecular flexibility index (Phi) is 3.71. The molecule has 4 nitrogen and oxygen atoms in total. The van der Waals surface area contributed by atoms with Crippen LogP contribution >= 0.6 is 11.6 Å². The normalized spacial score (nSPS) is 14.6. The fourth-order valence-corrected chi connectivity index (χ4v) is 1.33. The first-order chi connectivity index (χ1) is 6.84. The minimum Gasteiger partial charge on any atom is -0.228 e. The second-order valence-electron chi connectivity index (χ2n) is 4.95. The minimum absolute atomic E-state index is 0.150. The van der Waals surface area contributed by atoms with E-state index in [4.69, 9.17) is 11.6 Å². The molecule has 0 radical (unpaired) electrons. The van der Waals surface area contributed by atoms with Gasteiger partial charge in [0.1, 0.15) is 0 Å². The van der Waals surface area contributed by atoms with E-state index in [1.807, 2.05) is 6.92 Å². The Morgan fingerprint density at radius 3 is 2.40 bits per heavy atom. The summed E-state index contributed by atoms with van der Waals surface area (Å²) >= 11 is 5.99. The van der Waals surface area contributed by atoms with Crippen LogP contribution in [0, 0.1) is 11.3 Å². The van der Waals surface area contributed by atoms with Crippen molar-refractivity contribution < 1.29 is 0 Å². The highest BCUT2D eigenvalue weighted by atomic mass is 35.5. The second-order valence-corrected chi connectivity index (χ2v) is 5.61. The Bertz CT molecular complexity index is 317. The first kappa shape index (κ1) is 12.4. The summed E-state index contributed by atoms with van der Waals surface area (Å²) in [7, 11) is 0. The van der Waals surface area contributed by atoms with Gasteiger partial charge in [0.05, 0.1) is 11.9 Å². The molecule has 0 saturated heterocycles. The number of nitrogens with zero attached hydrogens (tertiary/aromatic N) is 4. The van der Waals surface area contributed by atoms with Gasteiger partial charge in [-0.1, -0.05) is 27.7 Å². The van der Waals surface area contributed by atoms with Crippen LogP contribution in [0.15, 0.2) is 0 Å². The predicted molar refractivity (Wildman–Crippen MR) is 60.7 cm³/mol. The van der Waals surface area contributed by atoms with E-state index in [0.717, 1.165) is 12.4 Å². The summed E-state index contributed by atoms with van der Waals surface area (Å²) in [5.74, 6) is 1.31. The molecule has 1 heterocycles. The van der Waals surface area contributed by atoms with Crippen LogP contribution in [0.4, 0.5) is 0 Å². The van der Waals surface area contributed by atoms with Crippen molar-refractivity contribution in [2.75, 3.05) is 0 Å². The smallest absolute Gasteiger partial charge is 0.168 e. The Morgan fingerprint density at radius 1 is 1.33 bits per heavy atom. The Labute approximate surface area is 96.0 Å². The molecule has 1 unspecified atom stereocenters. The average Bonchev–Trinajstić information content (AvgIpc) is 2.51.